The van der Waals surface area contributed by atoms with E-state index in [0.717, 1.165) is 36.5 Å². The Morgan fingerprint density at radius 1 is 1.23 bits per heavy atom. The average Bonchev–Trinajstić information content (AvgIpc) is 3.10. The molecule has 1 amide bonds. The molecule has 0 radical (unpaired) electrons. The van der Waals surface area contributed by atoms with Crippen LogP contribution in [0.5, 0.6) is 5.75 Å². The van der Waals surface area contributed by atoms with Crippen molar-refractivity contribution < 1.29 is 9.53 Å². The van der Waals surface area contributed by atoms with Crippen LogP contribution >= 0.6 is 22.9 Å². The molecule has 4 rings (SSSR count). The van der Waals surface area contributed by atoms with Gasteiger partial charge in [0.15, 0.2) is 0 Å². The molecule has 1 fully saturated rings. The number of fused-ring (bicyclic) bond motifs is 1. The Balaban J connectivity index is 1.45. The second kappa shape index (κ2) is 7.25. The van der Waals surface area contributed by atoms with Gasteiger partial charge in [0, 0.05) is 29.6 Å². The fraction of sp³-hybridized carbons (Fsp3) is 0.300. The summed E-state index contributed by atoms with van der Waals surface area (Å²) in [7, 11) is 1.61. The van der Waals surface area contributed by atoms with E-state index in [1.54, 1.807) is 24.5 Å². The Labute approximate surface area is 161 Å². The van der Waals surface area contributed by atoms with Crippen molar-refractivity contribution in [3.8, 4) is 5.75 Å². The summed E-state index contributed by atoms with van der Waals surface area (Å²) in [6, 6.07) is 13.2. The highest BCUT2D eigenvalue weighted by atomic mass is 35.5. The van der Waals surface area contributed by atoms with Crippen LogP contribution in [0.1, 0.15) is 34.1 Å². The molecule has 26 heavy (non-hydrogen) atoms. The summed E-state index contributed by atoms with van der Waals surface area (Å²) in [6.45, 7) is 1.49. The van der Waals surface area contributed by atoms with Gasteiger partial charge in [0.1, 0.15) is 5.75 Å². The highest BCUT2D eigenvalue weighted by Gasteiger charge is 2.26. The third-order valence-electron chi connectivity index (χ3n) is 4.81. The van der Waals surface area contributed by atoms with Crippen LogP contribution in [-0.4, -0.2) is 36.0 Å². The van der Waals surface area contributed by atoms with E-state index in [1.165, 1.54) is 4.70 Å². The van der Waals surface area contributed by atoms with Gasteiger partial charge in [-0.15, -0.1) is 11.3 Å². The molecule has 4 nitrogen and oxygen atoms in total. The second-order valence-corrected chi connectivity index (χ2v) is 7.96. The first-order valence-electron chi connectivity index (χ1n) is 8.63. The number of thiazole rings is 1. The highest BCUT2D eigenvalue weighted by Crippen LogP contribution is 2.35. The summed E-state index contributed by atoms with van der Waals surface area (Å²) in [5.41, 5.74) is 1.64. The zero-order valence-electron chi connectivity index (χ0n) is 14.4. The molecule has 0 N–H and O–H groups in total. The summed E-state index contributed by atoms with van der Waals surface area (Å²) in [6.07, 6.45) is 1.87. The minimum Gasteiger partial charge on any atom is -0.497 e. The van der Waals surface area contributed by atoms with E-state index in [0.29, 0.717) is 22.3 Å². The Hall–Kier alpha value is -2.11. The van der Waals surface area contributed by atoms with Crippen LogP contribution in [0.4, 0.5) is 0 Å². The van der Waals surface area contributed by atoms with Crippen LogP contribution < -0.4 is 4.74 Å². The Bertz CT molecular complexity index is 948. The molecule has 134 valence electrons. The molecular weight excluding hydrogens is 368 g/mol. The van der Waals surface area contributed by atoms with Gasteiger partial charge in [0.25, 0.3) is 5.91 Å². The number of methoxy groups -OCH3 is 1. The number of likely N-dealkylation sites (tertiary alicyclic amines) is 1. The molecule has 0 atom stereocenters. The lowest BCUT2D eigenvalue weighted by atomic mass is 9.97. The average molecular weight is 387 g/mol. The van der Waals surface area contributed by atoms with Gasteiger partial charge in [-0.1, -0.05) is 17.7 Å². The molecular formula is C20H19ClN2O2S. The topological polar surface area (TPSA) is 42.4 Å². The Kier molecular flexibility index (Phi) is 4.83. The van der Waals surface area contributed by atoms with Gasteiger partial charge in [-0.05, 0) is 49.2 Å². The van der Waals surface area contributed by atoms with Crippen molar-refractivity contribution in [2.24, 2.45) is 0 Å². The van der Waals surface area contributed by atoms with E-state index in [-0.39, 0.29) is 5.91 Å². The van der Waals surface area contributed by atoms with E-state index in [9.17, 15) is 4.79 Å². The Morgan fingerprint density at radius 3 is 2.81 bits per heavy atom. The number of benzene rings is 2. The number of aromatic nitrogens is 1. The van der Waals surface area contributed by atoms with E-state index in [2.05, 4.69) is 0 Å². The first-order chi connectivity index (χ1) is 12.6. The molecule has 0 bridgehead atoms. The molecule has 2 heterocycles. The van der Waals surface area contributed by atoms with Gasteiger partial charge >= 0.3 is 0 Å². The first-order valence-corrected chi connectivity index (χ1v) is 9.83. The van der Waals surface area contributed by atoms with Gasteiger partial charge in [-0.2, -0.15) is 0 Å². The van der Waals surface area contributed by atoms with Crippen LogP contribution in [0.25, 0.3) is 10.2 Å². The maximum atomic E-state index is 12.7. The molecule has 6 heteroatoms. The van der Waals surface area contributed by atoms with Crippen molar-refractivity contribution in [2.45, 2.75) is 18.8 Å². The molecule has 3 aromatic rings. The van der Waals surface area contributed by atoms with Crippen molar-refractivity contribution in [3.63, 3.8) is 0 Å². The monoisotopic (exact) mass is 386 g/mol. The number of carbonyl (C=O) groups excluding carboxylic acids is 1. The summed E-state index contributed by atoms with van der Waals surface area (Å²) >= 11 is 7.79. The van der Waals surface area contributed by atoms with Crippen molar-refractivity contribution in [1.29, 1.82) is 0 Å². The lowest BCUT2D eigenvalue weighted by Gasteiger charge is -2.31. The van der Waals surface area contributed by atoms with Gasteiger partial charge in [0.05, 0.1) is 22.3 Å². The normalized spacial score (nSPS) is 15.4. The minimum atomic E-state index is 0.0680. The number of carbonyl (C=O) groups is 1. The molecule has 1 aromatic heterocycles. The molecule has 0 saturated carbocycles. The number of hydrogen-bond donors (Lipinski definition) is 0. The van der Waals surface area contributed by atoms with Crippen LogP contribution in [-0.2, 0) is 0 Å². The van der Waals surface area contributed by atoms with Gasteiger partial charge < -0.3 is 9.64 Å². The number of halogens is 1. The van der Waals surface area contributed by atoms with E-state index in [1.807, 2.05) is 41.3 Å². The lowest BCUT2D eigenvalue weighted by molar-refractivity contribution is 0.0712. The predicted molar refractivity (Wildman–Crippen MR) is 106 cm³/mol. The third kappa shape index (κ3) is 3.41. The number of nitrogens with zero attached hydrogens (tertiary/aromatic N) is 2. The quantitative estimate of drug-likeness (QED) is 0.637. The van der Waals surface area contributed by atoms with Crippen molar-refractivity contribution in [1.82, 2.24) is 9.88 Å². The van der Waals surface area contributed by atoms with E-state index < -0.39 is 0 Å². The third-order valence-corrected chi connectivity index (χ3v) is 6.25. The predicted octanol–water partition coefficient (Wildman–Crippen LogP) is 4.98. The van der Waals surface area contributed by atoms with E-state index in [4.69, 9.17) is 21.3 Å². The van der Waals surface area contributed by atoms with Crippen LogP contribution in [0, 0.1) is 0 Å². The number of rotatable bonds is 3. The second-order valence-electron chi connectivity index (χ2n) is 6.46. The zero-order chi connectivity index (χ0) is 18.1. The van der Waals surface area contributed by atoms with Gasteiger partial charge in [-0.3, -0.25) is 4.79 Å². The summed E-state index contributed by atoms with van der Waals surface area (Å²) < 4.78 is 6.38. The fourth-order valence-electron chi connectivity index (χ4n) is 3.36. The summed E-state index contributed by atoms with van der Waals surface area (Å²) in [5, 5.41) is 1.86. The maximum absolute atomic E-state index is 12.7. The van der Waals surface area contributed by atoms with Crippen LogP contribution in [0.2, 0.25) is 5.02 Å². The zero-order valence-corrected chi connectivity index (χ0v) is 16.0. The SMILES string of the molecule is COc1cccc(C(=O)N2CCC(c3nc4cc(Cl)ccc4s3)CC2)c1. The van der Waals surface area contributed by atoms with E-state index >= 15 is 0 Å². The molecule has 0 aliphatic carbocycles. The van der Waals surface area contributed by atoms with Gasteiger partial charge in [-0.25, -0.2) is 4.98 Å². The molecule has 1 saturated heterocycles. The molecule has 1 aliphatic rings. The molecule has 0 unspecified atom stereocenters. The maximum Gasteiger partial charge on any atom is 0.253 e. The highest BCUT2D eigenvalue weighted by molar-refractivity contribution is 7.18. The van der Waals surface area contributed by atoms with Crippen LogP contribution in [0.3, 0.4) is 0 Å². The number of ether oxygens (including phenoxy) is 1. The number of piperidine rings is 1. The minimum absolute atomic E-state index is 0.0680. The fourth-order valence-corrected chi connectivity index (χ4v) is 4.64. The summed E-state index contributed by atoms with van der Waals surface area (Å²) in [4.78, 5) is 19.4. The molecule has 1 aliphatic heterocycles. The number of hydrogen-bond acceptors (Lipinski definition) is 4. The first kappa shape index (κ1) is 17.3. The summed E-state index contributed by atoms with van der Waals surface area (Å²) in [5.74, 6) is 1.18. The standard InChI is InChI=1S/C20H19ClN2O2S/c1-25-16-4-2-3-14(11-16)20(24)23-9-7-13(8-10-23)19-22-17-12-15(21)5-6-18(17)26-19/h2-6,11-13H,7-10H2,1H3. The molecule has 2 aromatic carbocycles. The van der Waals surface area contributed by atoms with Crippen molar-refractivity contribution in [2.75, 3.05) is 20.2 Å². The Morgan fingerprint density at radius 2 is 2.04 bits per heavy atom. The van der Waals surface area contributed by atoms with Crippen molar-refractivity contribution >= 4 is 39.1 Å². The van der Waals surface area contributed by atoms with Gasteiger partial charge in [0.2, 0.25) is 0 Å². The lowest BCUT2D eigenvalue weighted by Crippen LogP contribution is -2.37. The number of amides is 1. The largest absolute Gasteiger partial charge is 0.497 e. The smallest absolute Gasteiger partial charge is 0.253 e. The molecule has 0 spiro atoms. The van der Waals surface area contributed by atoms with Crippen molar-refractivity contribution in [3.05, 3.63) is 58.1 Å². The van der Waals surface area contributed by atoms with Crippen LogP contribution in [0.15, 0.2) is 42.5 Å².